The highest BCUT2D eigenvalue weighted by Crippen LogP contribution is 2.36. The van der Waals surface area contributed by atoms with Crippen LogP contribution in [-0.4, -0.2) is 48.5 Å². The second-order valence-corrected chi connectivity index (χ2v) is 9.98. The van der Waals surface area contributed by atoms with E-state index in [4.69, 9.17) is 21.3 Å². The van der Waals surface area contributed by atoms with Crippen molar-refractivity contribution in [2.45, 2.75) is 44.9 Å². The van der Waals surface area contributed by atoms with Crippen molar-refractivity contribution in [1.82, 2.24) is 29.3 Å². The SMILES string of the molecule is Cc1nc2c(-c3ccc(Cl)cc3F)nc(N3C[C@@H](c4cnn(C5CC5)c4)O[C@@H](C)C3)nc2c(=O)n1C. The summed E-state index contributed by atoms with van der Waals surface area (Å²) in [6.45, 7) is 4.68. The van der Waals surface area contributed by atoms with Gasteiger partial charge in [0.1, 0.15) is 29.0 Å². The minimum Gasteiger partial charge on any atom is -0.367 e. The van der Waals surface area contributed by atoms with Gasteiger partial charge in [-0.2, -0.15) is 5.10 Å². The molecule has 1 aliphatic carbocycles. The van der Waals surface area contributed by atoms with Gasteiger partial charge < -0.3 is 9.64 Å². The summed E-state index contributed by atoms with van der Waals surface area (Å²) in [7, 11) is 1.64. The van der Waals surface area contributed by atoms with Crippen molar-refractivity contribution in [2.24, 2.45) is 7.05 Å². The Balaban J connectivity index is 1.47. The van der Waals surface area contributed by atoms with Crippen LogP contribution in [0, 0.1) is 12.7 Å². The maximum Gasteiger partial charge on any atom is 0.279 e. The molecule has 1 saturated carbocycles. The molecule has 1 aliphatic heterocycles. The van der Waals surface area contributed by atoms with Crippen LogP contribution in [0.2, 0.25) is 5.02 Å². The van der Waals surface area contributed by atoms with Gasteiger partial charge in [0.25, 0.3) is 5.56 Å². The third kappa shape index (κ3) is 4.04. The van der Waals surface area contributed by atoms with Crippen molar-refractivity contribution in [1.29, 1.82) is 0 Å². The molecule has 11 heteroatoms. The highest BCUT2D eigenvalue weighted by molar-refractivity contribution is 6.30. The lowest BCUT2D eigenvalue weighted by Gasteiger charge is -2.36. The Morgan fingerprint density at radius 1 is 1.14 bits per heavy atom. The predicted molar refractivity (Wildman–Crippen MR) is 134 cm³/mol. The number of hydrogen-bond acceptors (Lipinski definition) is 7. The van der Waals surface area contributed by atoms with E-state index in [1.54, 1.807) is 26.1 Å². The largest absolute Gasteiger partial charge is 0.367 e. The van der Waals surface area contributed by atoms with Crippen molar-refractivity contribution in [3.05, 3.63) is 63.2 Å². The zero-order valence-corrected chi connectivity index (χ0v) is 20.9. The lowest BCUT2D eigenvalue weighted by molar-refractivity contribution is -0.0178. The van der Waals surface area contributed by atoms with Crippen LogP contribution in [0.25, 0.3) is 22.3 Å². The Labute approximate surface area is 211 Å². The molecule has 0 unspecified atom stereocenters. The molecular formula is C25H25ClFN7O2. The van der Waals surface area contributed by atoms with Gasteiger partial charge in [0.05, 0.1) is 24.9 Å². The number of halogens is 2. The molecule has 0 bridgehead atoms. The van der Waals surface area contributed by atoms with Crippen LogP contribution in [-0.2, 0) is 11.8 Å². The van der Waals surface area contributed by atoms with E-state index in [1.165, 1.54) is 10.6 Å². The summed E-state index contributed by atoms with van der Waals surface area (Å²) in [4.78, 5) is 29.1. The minimum atomic E-state index is -0.547. The normalized spacial score (nSPS) is 20.3. The van der Waals surface area contributed by atoms with Crippen molar-refractivity contribution in [2.75, 3.05) is 18.0 Å². The van der Waals surface area contributed by atoms with Gasteiger partial charge in [-0.15, -0.1) is 0 Å². The van der Waals surface area contributed by atoms with Gasteiger partial charge >= 0.3 is 0 Å². The monoisotopic (exact) mass is 509 g/mol. The number of nitrogens with zero attached hydrogens (tertiary/aromatic N) is 7. The molecule has 0 radical (unpaired) electrons. The van der Waals surface area contributed by atoms with E-state index in [0.29, 0.717) is 30.9 Å². The van der Waals surface area contributed by atoms with E-state index in [-0.39, 0.29) is 45.1 Å². The maximum atomic E-state index is 15.0. The topological polar surface area (TPSA) is 91.0 Å². The lowest BCUT2D eigenvalue weighted by Crippen LogP contribution is -2.43. The molecule has 36 heavy (non-hydrogen) atoms. The molecule has 4 heterocycles. The Hall–Kier alpha value is -3.37. The van der Waals surface area contributed by atoms with Gasteiger partial charge in [-0.3, -0.25) is 14.0 Å². The number of ether oxygens (including phenoxy) is 1. The molecule has 6 rings (SSSR count). The smallest absolute Gasteiger partial charge is 0.279 e. The Morgan fingerprint density at radius 2 is 1.94 bits per heavy atom. The summed E-state index contributed by atoms with van der Waals surface area (Å²) < 4.78 is 24.7. The maximum absolute atomic E-state index is 15.0. The molecular weight excluding hydrogens is 485 g/mol. The molecule has 0 spiro atoms. The first-order valence-corrected chi connectivity index (χ1v) is 12.3. The summed E-state index contributed by atoms with van der Waals surface area (Å²) in [6.07, 6.45) is 5.81. The molecule has 4 aromatic rings. The second kappa shape index (κ2) is 8.63. The Morgan fingerprint density at radius 3 is 2.69 bits per heavy atom. The van der Waals surface area contributed by atoms with E-state index in [0.717, 1.165) is 18.4 Å². The fraction of sp³-hybridized carbons (Fsp3) is 0.400. The van der Waals surface area contributed by atoms with Gasteiger partial charge in [-0.05, 0) is 44.9 Å². The van der Waals surface area contributed by atoms with Gasteiger partial charge in [-0.25, -0.2) is 19.3 Å². The number of benzene rings is 1. The van der Waals surface area contributed by atoms with Crippen molar-refractivity contribution in [3.63, 3.8) is 0 Å². The molecule has 0 amide bonds. The Bertz CT molecular complexity index is 1550. The van der Waals surface area contributed by atoms with Crippen LogP contribution >= 0.6 is 11.6 Å². The highest BCUT2D eigenvalue weighted by atomic mass is 35.5. The number of rotatable bonds is 4. The number of fused-ring (bicyclic) bond motifs is 1. The minimum absolute atomic E-state index is 0.123. The van der Waals surface area contributed by atoms with E-state index in [9.17, 15) is 4.79 Å². The number of anilines is 1. The third-order valence-electron chi connectivity index (χ3n) is 6.78. The fourth-order valence-corrected chi connectivity index (χ4v) is 4.77. The quantitative estimate of drug-likeness (QED) is 0.411. The molecule has 3 aromatic heterocycles. The van der Waals surface area contributed by atoms with Crippen LogP contribution in [0.4, 0.5) is 10.3 Å². The number of hydrogen-bond donors (Lipinski definition) is 0. The molecule has 186 valence electrons. The molecule has 2 atom stereocenters. The molecule has 1 saturated heterocycles. The molecule has 0 N–H and O–H groups in total. The molecule has 2 aliphatic rings. The van der Waals surface area contributed by atoms with Crippen LogP contribution < -0.4 is 10.5 Å². The van der Waals surface area contributed by atoms with E-state index >= 15 is 4.39 Å². The summed E-state index contributed by atoms with van der Waals surface area (Å²) in [5.41, 5.74) is 1.51. The van der Waals surface area contributed by atoms with Crippen molar-refractivity contribution < 1.29 is 9.13 Å². The summed E-state index contributed by atoms with van der Waals surface area (Å²) in [5, 5.41) is 4.77. The van der Waals surface area contributed by atoms with Crippen LogP contribution in [0.5, 0.6) is 0 Å². The fourth-order valence-electron chi connectivity index (χ4n) is 4.61. The molecule has 9 nitrogen and oxygen atoms in total. The van der Waals surface area contributed by atoms with Crippen LogP contribution in [0.3, 0.4) is 0 Å². The molecule has 1 aromatic carbocycles. The predicted octanol–water partition coefficient (Wildman–Crippen LogP) is 3.99. The zero-order chi connectivity index (χ0) is 25.1. The van der Waals surface area contributed by atoms with Crippen molar-refractivity contribution >= 4 is 28.6 Å². The Kier molecular flexibility index (Phi) is 5.53. The summed E-state index contributed by atoms with van der Waals surface area (Å²) >= 11 is 5.99. The average molecular weight is 510 g/mol. The van der Waals surface area contributed by atoms with Gasteiger partial charge in [0, 0.05) is 35.9 Å². The standard InChI is InChI=1S/C25H25ClFN7O2/c1-13-10-33(12-20(36-13)15-9-28-34(11-15)17-5-6-17)25-30-21(18-7-4-16(26)8-19(18)27)22-23(31-25)24(35)32(3)14(2)29-22/h4,7-9,11,13,17,20H,5-6,10,12H2,1-3H3/t13-,20-/m0/s1. The first-order chi connectivity index (χ1) is 17.3. The van der Waals surface area contributed by atoms with Crippen LogP contribution in [0.15, 0.2) is 35.4 Å². The summed E-state index contributed by atoms with van der Waals surface area (Å²) in [6, 6.07) is 4.84. The van der Waals surface area contributed by atoms with E-state index in [1.807, 2.05) is 28.9 Å². The van der Waals surface area contributed by atoms with Gasteiger partial charge in [0.15, 0.2) is 5.52 Å². The van der Waals surface area contributed by atoms with E-state index in [2.05, 4.69) is 15.1 Å². The van der Waals surface area contributed by atoms with E-state index < -0.39 is 5.82 Å². The van der Waals surface area contributed by atoms with Crippen LogP contribution in [0.1, 0.15) is 43.3 Å². The number of aromatic nitrogens is 6. The van der Waals surface area contributed by atoms with Gasteiger partial charge in [0.2, 0.25) is 5.95 Å². The first-order valence-electron chi connectivity index (χ1n) is 11.9. The van der Waals surface area contributed by atoms with Crippen molar-refractivity contribution in [3.8, 4) is 11.3 Å². The average Bonchev–Trinajstić information content (AvgIpc) is 3.58. The third-order valence-corrected chi connectivity index (χ3v) is 7.02. The molecule has 2 fully saturated rings. The lowest BCUT2D eigenvalue weighted by atomic mass is 10.1. The first kappa shape index (κ1) is 23.1. The summed E-state index contributed by atoms with van der Waals surface area (Å²) in [5.74, 6) is 0.255. The number of morpholine rings is 1. The number of aryl methyl sites for hydroxylation is 1. The highest BCUT2D eigenvalue weighted by Gasteiger charge is 2.32. The van der Waals surface area contributed by atoms with Gasteiger partial charge in [-0.1, -0.05) is 11.6 Å². The second-order valence-electron chi connectivity index (χ2n) is 9.54. The zero-order valence-electron chi connectivity index (χ0n) is 20.2.